The van der Waals surface area contributed by atoms with Gasteiger partial charge >= 0.3 is 0 Å². The largest absolute Gasteiger partial charge is 0.390 e. The van der Waals surface area contributed by atoms with Gasteiger partial charge in [0.05, 0.1) is 17.3 Å². The van der Waals surface area contributed by atoms with E-state index >= 15 is 8.78 Å². The van der Waals surface area contributed by atoms with E-state index in [2.05, 4.69) is 21.8 Å². The molecule has 6 nitrogen and oxygen atoms in total. The van der Waals surface area contributed by atoms with Crippen LogP contribution in [0.15, 0.2) is 42.7 Å². The lowest BCUT2D eigenvalue weighted by atomic mass is 9.68. The van der Waals surface area contributed by atoms with E-state index in [1.54, 1.807) is 25.4 Å². The number of rotatable bonds is 7. The van der Waals surface area contributed by atoms with Gasteiger partial charge in [-0.3, -0.25) is 9.78 Å². The summed E-state index contributed by atoms with van der Waals surface area (Å²) >= 11 is 0. The lowest BCUT2D eigenvalue weighted by molar-refractivity contribution is -0.123. The van der Waals surface area contributed by atoms with Crippen LogP contribution in [-0.4, -0.2) is 62.2 Å². The second kappa shape index (κ2) is 12.2. The highest BCUT2D eigenvalue weighted by atomic mass is 19.1. The molecule has 2 fully saturated rings. The fraction of sp³-hybridized carbons (Fsp3) is 0.485. The zero-order valence-electron chi connectivity index (χ0n) is 24.3. The molecule has 224 valence electrons. The van der Waals surface area contributed by atoms with Gasteiger partial charge in [0.1, 0.15) is 28.8 Å². The number of nitrogens with zero attached hydrogens (tertiary/aromatic N) is 3. The summed E-state index contributed by atoms with van der Waals surface area (Å²) in [5.74, 6) is -3.46. The number of likely N-dealkylation sites (tertiary alicyclic amines) is 1. The highest BCUT2D eigenvalue weighted by Gasteiger charge is 2.43. The molecule has 2 aromatic heterocycles. The molecule has 0 spiro atoms. The second-order valence-corrected chi connectivity index (χ2v) is 12.1. The average Bonchev–Trinajstić information content (AvgIpc) is 2.96. The maximum atomic E-state index is 15.3. The smallest absolute Gasteiger partial charge is 0.185 e. The zero-order chi connectivity index (χ0) is 30.2. The number of ketones is 1. The highest BCUT2D eigenvalue weighted by Crippen LogP contribution is 2.42. The van der Waals surface area contributed by atoms with Crippen molar-refractivity contribution in [2.45, 2.75) is 76.4 Å². The van der Waals surface area contributed by atoms with E-state index in [-0.39, 0.29) is 29.9 Å². The Balaban J connectivity index is 1.39. The molecule has 0 amide bonds. The van der Waals surface area contributed by atoms with E-state index in [0.29, 0.717) is 24.0 Å². The number of aliphatic hydroxyl groups excluding tert-OH is 1. The third kappa shape index (κ3) is 6.00. The molecule has 4 atom stereocenters. The third-order valence-corrected chi connectivity index (χ3v) is 9.49. The van der Waals surface area contributed by atoms with Gasteiger partial charge in [-0.15, -0.1) is 0 Å². The molecule has 3 heterocycles. The Hall–Kier alpha value is -3.14. The summed E-state index contributed by atoms with van der Waals surface area (Å²) < 4.78 is 45.6. The van der Waals surface area contributed by atoms with Gasteiger partial charge in [-0.2, -0.15) is 0 Å². The minimum Gasteiger partial charge on any atom is -0.390 e. The van der Waals surface area contributed by atoms with Crippen LogP contribution in [0.5, 0.6) is 0 Å². The van der Waals surface area contributed by atoms with Crippen LogP contribution in [0.25, 0.3) is 11.3 Å². The quantitative estimate of drug-likeness (QED) is 0.343. The van der Waals surface area contributed by atoms with E-state index < -0.39 is 46.2 Å². The SMILES string of the molecule is CCN1CCC(c2cc(F)c(-c3nc(C(=O)Cc4cnccc4[C@H]4C[C@@H](O)[C@](C)(O)[C@@H](C)C4)ccc3F)c(F)c2)CC1. The van der Waals surface area contributed by atoms with Gasteiger partial charge in [0, 0.05) is 18.8 Å². The molecular formula is C33H38F3N3O3. The topological polar surface area (TPSA) is 86.6 Å². The van der Waals surface area contributed by atoms with Gasteiger partial charge in [0.2, 0.25) is 0 Å². The number of aromatic nitrogens is 2. The van der Waals surface area contributed by atoms with Crippen molar-refractivity contribution in [2.24, 2.45) is 5.92 Å². The molecule has 1 aliphatic heterocycles. The first kappa shape index (κ1) is 30.3. The maximum absolute atomic E-state index is 15.3. The Morgan fingerprint density at radius 2 is 1.74 bits per heavy atom. The fourth-order valence-corrected chi connectivity index (χ4v) is 6.51. The van der Waals surface area contributed by atoms with Crippen molar-refractivity contribution in [1.29, 1.82) is 0 Å². The fourth-order valence-electron chi connectivity index (χ4n) is 6.51. The lowest BCUT2D eigenvalue weighted by Gasteiger charge is -2.43. The van der Waals surface area contributed by atoms with Crippen LogP contribution in [0.2, 0.25) is 0 Å². The second-order valence-electron chi connectivity index (χ2n) is 12.1. The lowest BCUT2D eigenvalue weighted by Crippen LogP contribution is -2.49. The summed E-state index contributed by atoms with van der Waals surface area (Å²) in [5, 5.41) is 21.2. The molecule has 0 unspecified atom stereocenters. The molecule has 0 bridgehead atoms. The number of carbonyl (C=O) groups is 1. The molecule has 2 N–H and O–H groups in total. The van der Waals surface area contributed by atoms with Gasteiger partial charge in [-0.1, -0.05) is 13.8 Å². The summed E-state index contributed by atoms with van der Waals surface area (Å²) in [4.78, 5) is 23.9. The number of hydrogen-bond acceptors (Lipinski definition) is 6. The van der Waals surface area contributed by atoms with Crippen molar-refractivity contribution >= 4 is 5.78 Å². The molecule has 42 heavy (non-hydrogen) atoms. The summed E-state index contributed by atoms with van der Waals surface area (Å²) in [6, 6.07) is 6.55. The molecule has 1 aromatic carbocycles. The first-order chi connectivity index (χ1) is 20.0. The first-order valence-corrected chi connectivity index (χ1v) is 14.7. The van der Waals surface area contributed by atoms with Gasteiger partial charge in [0.25, 0.3) is 0 Å². The maximum Gasteiger partial charge on any atom is 0.185 e. The third-order valence-electron chi connectivity index (χ3n) is 9.49. The predicted molar refractivity (Wildman–Crippen MR) is 154 cm³/mol. The number of halogens is 3. The van der Waals surface area contributed by atoms with E-state index in [4.69, 9.17) is 0 Å². The van der Waals surface area contributed by atoms with E-state index in [9.17, 15) is 19.4 Å². The van der Waals surface area contributed by atoms with Gasteiger partial charge in [-0.25, -0.2) is 18.2 Å². The standard InChI is InChI=1S/C33H38F3N3O3/c1-4-39-11-8-20(9-12-39)21-14-26(35)31(27(36)15-21)32-25(34)5-6-28(38-32)29(40)16-23-18-37-10-7-24(23)22-13-19(2)33(3,42)30(41)17-22/h5-7,10,14-15,18-20,22,30,41-42H,4,8-9,11-13,16-17H2,1-3H3/t19-,22+,30+,33+/m0/s1. The van der Waals surface area contributed by atoms with Crippen molar-refractivity contribution in [2.75, 3.05) is 19.6 Å². The number of carbonyl (C=O) groups excluding carboxylic acids is 1. The average molecular weight is 582 g/mol. The Labute approximate surface area is 244 Å². The van der Waals surface area contributed by atoms with Crippen LogP contribution in [0, 0.1) is 23.4 Å². The summed E-state index contributed by atoms with van der Waals surface area (Å²) in [7, 11) is 0. The Bertz CT molecular complexity index is 1420. The Morgan fingerprint density at radius 3 is 2.38 bits per heavy atom. The van der Waals surface area contributed by atoms with Crippen LogP contribution < -0.4 is 0 Å². The van der Waals surface area contributed by atoms with Crippen molar-refractivity contribution in [3.63, 3.8) is 0 Å². The zero-order valence-corrected chi connectivity index (χ0v) is 24.3. The summed E-state index contributed by atoms with van der Waals surface area (Å²) in [5.41, 5.74) is -0.446. The van der Waals surface area contributed by atoms with Gasteiger partial charge in [-0.05, 0) is 117 Å². The Kier molecular flexibility index (Phi) is 8.83. The summed E-state index contributed by atoms with van der Waals surface area (Å²) in [6.45, 7) is 8.23. The highest BCUT2D eigenvalue weighted by molar-refractivity contribution is 5.96. The van der Waals surface area contributed by atoms with Crippen LogP contribution in [0.1, 0.15) is 85.5 Å². The predicted octanol–water partition coefficient (Wildman–Crippen LogP) is 5.81. The molecular weight excluding hydrogens is 543 g/mol. The van der Waals surface area contributed by atoms with Crippen molar-refractivity contribution in [3.8, 4) is 11.3 Å². The molecule has 3 aromatic rings. The number of hydrogen-bond donors (Lipinski definition) is 2. The van der Waals surface area contributed by atoms with Gasteiger partial charge < -0.3 is 15.1 Å². The van der Waals surface area contributed by atoms with Gasteiger partial charge in [0.15, 0.2) is 5.78 Å². The van der Waals surface area contributed by atoms with Crippen LogP contribution in [-0.2, 0) is 6.42 Å². The normalized spacial score (nSPS) is 25.5. The number of piperidine rings is 1. The monoisotopic (exact) mass is 581 g/mol. The molecule has 1 aliphatic carbocycles. The summed E-state index contributed by atoms with van der Waals surface area (Å²) in [6.07, 6.45) is 4.67. The minimum atomic E-state index is -1.21. The van der Waals surface area contributed by atoms with Crippen molar-refractivity contribution in [3.05, 3.63) is 82.6 Å². The molecule has 9 heteroatoms. The van der Waals surface area contributed by atoms with E-state index in [1.165, 1.54) is 18.2 Å². The molecule has 5 rings (SSSR count). The number of aliphatic hydroxyl groups is 2. The van der Waals surface area contributed by atoms with Crippen LogP contribution in [0.3, 0.4) is 0 Å². The molecule has 0 radical (unpaired) electrons. The van der Waals surface area contributed by atoms with E-state index in [1.807, 2.05) is 6.92 Å². The number of pyridine rings is 2. The number of benzene rings is 1. The van der Waals surface area contributed by atoms with Crippen LogP contribution in [0.4, 0.5) is 13.2 Å². The molecule has 1 saturated carbocycles. The van der Waals surface area contributed by atoms with Crippen molar-refractivity contribution in [1.82, 2.24) is 14.9 Å². The van der Waals surface area contributed by atoms with E-state index in [0.717, 1.165) is 44.1 Å². The number of Topliss-reactive ketones (excluding diaryl/α,β-unsaturated/α-hetero) is 1. The molecule has 1 saturated heterocycles. The minimum absolute atomic E-state index is 0.0182. The first-order valence-electron chi connectivity index (χ1n) is 14.7. The Morgan fingerprint density at radius 1 is 1.05 bits per heavy atom. The van der Waals surface area contributed by atoms with Crippen LogP contribution >= 0.6 is 0 Å². The molecule has 2 aliphatic rings. The van der Waals surface area contributed by atoms with Crippen molar-refractivity contribution < 1.29 is 28.2 Å².